The Kier molecular flexibility index (Phi) is 7.38. The number of rotatable bonds is 7. The zero-order valence-corrected chi connectivity index (χ0v) is 21.4. The highest BCUT2D eigenvalue weighted by atomic mass is 32.2. The number of nitrogens with one attached hydrogen (secondary N) is 1. The fourth-order valence-corrected chi connectivity index (χ4v) is 5.08. The minimum absolute atomic E-state index is 0.0652. The van der Waals surface area contributed by atoms with Crippen LogP contribution in [0.15, 0.2) is 59.8 Å². The molecule has 1 aromatic carbocycles. The highest BCUT2D eigenvalue weighted by Gasteiger charge is 2.35. The zero-order chi connectivity index (χ0) is 27.0. The van der Waals surface area contributed by atoms with E-state index in [4.69, 9.17) is 0 Å². The number of carbonyl (C=O) groups excluding carboxylic acids is 1. The Labute approximate surface area is 213 Å². The molecule has 11 heteroatoms. The molecule has 1 atom stereocenters. The molecule has 2 aromatic heterocycles. The molecule has 7 nitrogen and oxygen atoms in total. The Bertz CT molecular complexity index is 1390. The maximum atomic E-state index is 12.9. The fourth-order valence-electron chi connectivity index (χ4n) is 4.45. The van der Waals surface area contributed by atoms with Gasteiger partial charge in [0.15, 0.2) is 9.84 Å². The number of fused-ring (bicyclic) bond motifs is 1. The van der Waals surface area contributed by atoms with Gasteiger partial charge in [-0.05, 0) is 47.4 Å². The Morgan fingerprint density at radius 1 is 1.11 bits per heavy atom. The molecule has 0 fully saturated rings. The van der Waals surface area contributed by atoms with E-state index in [2.05, 4.69) is 20.2 Å². The van der Waals surface area contributed by atoms with Crippen molar-refractivity contribution in [2.45, 2.75) is 50.6 Å². The van der Waals surface area contributed by atoms with Gasteiger partial charge in [-0.3, -0.25) is 19.7 Å². The van der Waals surface area contributed by atoms with Gasteiger partial charge in [0, 0.05) is 38.3 Å². The normalized spacial score (nSPS) is 16.1. The molecule has 3 heterocycles. The molecule has 0 saturated heterocycles. The van der Waals surface area contributed by atoms with Gasteiger partial charge in [-0.1, -0.05) is 26.0 Å². The van der Waals surface area contributed by atoms with Crippen molar-refractivity contribution in [3.8, 4) is 0 Å². The lowest BCUT2D eigenvalue weighted by atomic mass is 9.99. The van der Waals surface area contributed by atoms with Gasteiger partial charge < -0.3 is 5.32 Å². The average molecular weight is 533 g/mol. The van der Waals surface area contributed by atoms with Crippen molar-refractivity contribution in [1.82, 2.24) is 20.2 Å². The second-order valence-corrected chi connectivity index (χ2v) is 11.5. The summed E-state index contributed by atoms with van der Waals surface area (Å²) < 4.78 is 61.8. The smallest absolute Gasteiger partial charge is 0.348 e. The van der Waals surface area contributed by atoms with Gasteiger partial charge >= 0.3 is 6.18 Å². The number of halogens is 3. The minimum atomic E-state index is -4.43. The van der Waals surface area contributed by atoms with Gasteiger partial charge in [0.25, 0.3) is 5.91 Å². The minimum Gasteiger partial charge on any atom is -0.348 e. The largest absolute Gasteiger partial charge is 0.417 e. The molecule has 0 spiro atoms. The lowest BCUT2D eigenvalue weighted by molar-refractivity contribution is -0.137. The van der Waals surface area contributed by atoms with Crippen LogP contribution in [0, 0.1) is 5.92 Å². The first-order chi connectivity index (χ1) is 17.3. The predicted molar refractivity (Wildman–Crippen MR) is 131 cm³/mol. The number of sulfone groups is 1. The third kappa shape index (κ3) is 6.16. The Balaban J connectivity index is 1.45. The monoisotopic (exact) mass is 532 g/mol. The predicted octanol–water partition coefficient (Wildman–Crippen LogP) is 4.54. The Hall–Kier alpha value is -3.31. The molecule has 0 unspecified atom stereocenters. The van der Waals surface area contributed by atoms with E-state index in [9.17, 15) is 26.4 Å². The molecule has 4 rings (SSSR count). The number of amides is 1. The third-order valence-corrected chi connectivity index (χ3v) is 7.39. The van der Waals surface area contributed by atoms with Crippen LogP contribution in [0.5, 0.6) is 0 Å². The van der Waals surface area contributed by atoms with Gasteiger partial charge in [-0.15, -0.1) is 0 Å². The first-order valence-electron chi connectivity index (χ1n) is 11.6. The molecule has 196 valence electrons. The molecule has 1 aliphatic heterocycles. The Morgan fingerprint density at radius 3 is 2.38 bits per heavy atom. The molecular weight excluding hydrogens is 505 g/mol. The van der Waals surface area contributed by atoms with E-state index in [1.54, 1.807) is 18.2 Å². The highest BCUT2D eigenvalue weighted by molar-refractivity contribution is 7.90. The summed E-state index contributed by atoms with van der Waals surface area (Å²) in [4.78, 5) is 23.7. The van der Waals surface area contributed by atoms with Crippen LogP contribution < -0.4 is 5.32 Å². The fraction of sp³-hybridized carbons (Fsp3) is 0.346. The van der Waals surface area contributed by atoms with Crippen LogP contribution in [0.1, 0.15) is 58.3 Å². The first kappa shape index (κ1) is 26.7. The van der Waals surface area contributed by atoms with Crippen molar-refractivity contribution < 1.29 is 26.4 Å². The van der Waals surface area contributed by atoms with Gasteiger partial charge in [-0.25, -0.2) is 8.42 Å². The van der Waals surface area contributed by atoms with Crippen LogP contribution in [0.3, 0.4) is 0 Å². The second-order valence-electron chi connectivity index (χ2n) is 9.50. The summed E-state index contributed by atoms with van der Waals surface area (Å²) in [6.07, 6.45) is -0.930. The number of benzene rings is 1. The van der Waals surface area contributed by atoms with Crippen molar-refractivity contribution in [3.63, 3.8) is 0 Å². The lowest BCUT2D eigenvalue weighted by Gasteiger charge is -2.27. The number of hydrogen-bond acceptors (Lipinski definition) is 6. The van der Waals surface area contributed by atoms with E-state index in [0.29, 0.717) is 24.3 Å². The van der Waals surface area contributed by atoms with Gasteiger partial charge in [-0.2, -0.15) is 13.2 Å². The summed E-state index contributed by atoms with van der Waals surface area (Å²) in [6, 6.07) is 10.4. The van der Waals surface area contributed by atoms with Gasteiger partial charge in [0.2, 0.25) is 0 Å². The van der Waals surface area contributed by atoms with E-state index >= 15 is 0 Å². The van der Waals surface area contributed by atoms with E-state index in [1.165, 1.54) is 24.4 Å². The summed E-state index contributed by atoms with van der Waals surface area (Å²) in [5, 5.41) is 2.82. The summed E-state index contributed by atoms with van der Waals surface area (Å²) >= 11 is 0. The maximum Gasteiger partial charge on any atom is 0.417 e. The van der Waals surface area contributed by atoms with E-state index in [0.717, 1.165) is 35.3 Å². The quantitative estimate of drug-likeness (QED) is 0.480. The molecule has 1 amide bonds. The van der Waals surface area contributed by atoms with Crippen LogP contribution in [-0.4, -0.2) is 35.4 Å². The molecular formula is C26H27F3N4O3S. The zero-order valence-electron chi connectivity index (χ0n) is 20.6. The van der Waals surface area contributed by atoms with Crippen molar-refractivity contribution in [2.24, 2.45) is 5.92 Å². The lowest BCUT2D eigenvalue weighted by Crippen LogP contribution is -2.26. The molecule has 3 aromatic rings. The van der Waals surface area contributed by atoms with E-state index in [1.807, 2.05) is 13.8 Å². The molecule has 0 aliphatic carbocycles. The van der Waals surface area contributed by atoms with Crippen LogP contribution in [0.4, 0.5) is 13.2 Å². The average Bonchev–Trinajstić information content (AvgIpc) is 3.19. The SMILES string of the molecule is CC(C)[C@H]1c2ncc(C(=O)NCc3ccc(S(C)(=O)=O)cc3)cc2CN1Cc1ccc(C(F)(F)F)cn1. The summed E-state index contributed by atoms with van der Waals surface area (Å²) in [7, 11) is -3.29. The molecule has 1 N–H and O–H groups in total. The van der Waals surface area contributed by atoms with Crippen LogP contribution >= 0.6 is 0 Å². The Morgan fingerprint density at radius 2 is 1.81 bits per heavy atom. The van der Waals surface area contributed by atoms with Crippen molar-refractivity contribution in [2.75, 3.05) is 6.26 Å². The van der Waals surface area contributed by atoms with E-state index < -0.39 is 21.6 Å². The second kappa shape index (κ2) is 10.2. The number of aromatic nitrogens is 2. The van der Waals surface area contributed by atoms with Crippen LogP contribution in [0.25, 0.3) is 0 Å². The summed E-state index contributed by atoms with van der Waals surface area (Å²) in [5.74, 6) is -0.135. The standard InChI is InChI=1S/C26H27F3N4O3S/c1-16(2)24-23-19(14-33(24)15-21-7-6-20(13-30-21)26(27,28)29)10-18(12-31-23)25(34)32-11-17-4-8-22(9-5-17)37(3,35)36/h4-10,12-13,16,24H,11,14-15H2,1-3H3,(H,32,34)/t24-/m0/s1. The molecule has 0 bridgehead atoms. The number of carbonyl (C=O) groups is 1. The van der Waals surface area contributed by atoms with Crippen molar-refractivity contribution in [3.05, 3.63) is 88.5 Å². The number of nitrogens with zero attached hydrogens (tertiary/aromatic N) is 3. The van der Waals surface area contributed by atoms with Crippen LogP contribution in [-0.2, 0) is 35.6 Å². The van der Waals surface area contributed by atoms with Crippen LogP contribution in [0.2, 0.25) is 0 Å². The molecule has 1 aliphatic rings. The summed E-state index contributed by atoms with van der Waals surface area (Å²) in [6.45, 7) is 5.15. The van der Waals surface area contributed by atoms with Gasteiger partial charge in [0.05, 0.1) is 33.5 Å². The number of pyridine rings is 2. The summed E-state index contributed by atoms with van der Waals surface area (Å²) in [5.41, 5.74) is 2.61. The van der Waals surface area contributed by atoms with Gasteiger partial charge in [0.1, 0.15) is 0 Å². The van der Waals surface area contributed by atoms with E-state index in [-0.39, 0.29) is 29.3 Å². The topological polar surface area (TPSA) is 92.3 Å². The molecule has 0 saturated carbocycles. The molecule has 0 radical (unpaired) electrons. The molecule has 37 heavy (non-hydrogen) atoms. The number of hydrogen-bond donors (Lipinski definition) is 1. The first-order valence-corrected chi connectivity index (χ1v) is 13.5. The maximum absolute atomic E-state index is 12.9. The van der Waals surface area contributed by atoms with Crippen molar-refractivity contribution >= 4 is 15.7 Å². The third-order valence-electron chi connectivity index (χ3n) is 6.26. The number of alkyl halides is 3. The van der Waals surface area contributed by atoms with Crippen molar-refractivity contribution in [1.29, 1.82) is 0 Å². The highest BCUT2D eigenvalue weighted by Crippen LogP contribution is 2.38.